The van der Waals surface area contributed by atoms with E-state index in [0.29, 0.717) is 5.56 Å². The first-order chi connectivity index (χ1) is 12.1. The number of thiophene rings is 1. The lowest BCUT2D eigenvalue weighted by Crippen LogP contribution is -2.40. The van der Waals surface area contributed by atoms with Crippen molar-refractivity contribution < 1.29 is 14.4 Å². The average Bonchev–Trinajstić information content (AvgIpc) is 3.19. The van der Waals surface area contributed by atoms with Crippen LogP contribution in [0.1, 0.15) is 48.5 Å². The summed E-state index contributed by atoms with van der Waals surface area (Å²) >= 11 is 1.40. The molecule has 0 aliphatic carbocycles. The van der Waals surface area contributed by atoms with Gasteiger partial charge < -0.3 is 5.32 Å². The van der Waals surface area contributed by atoms with Gasteiger partial charge in [-0.15, -0.1) is 11.3 Å². The summed E-state index contributed by atoms with van der Waals surface area (Å²) in [5.74, 6) is -0.658. The van der Waals surface area contributed by atoms with Gasteiger partial charge >= 0.3 is 6.03 Å². The Labute approximate surface area is 157 Å². The van der Waals surface area contributed by atoms with Crippen molar-refractivity contribution in [3.05, 3.63) is 57.8 Å². The van der Waals surface area contributed by atoms with E-state index < -0.39 is 17.5 Å². The van der Waals surface area contributed by atoms with Gasteiger partial charge in [0.2, 0.25) is 0 Å². The summed E-state index contributed by atoms with van der Waals surface area (Å²) in [5, 5.41) is 4.57. The van der Waals surface area contributed by atoms with Crippen LogP contribution in [-0.4, -0.2) is 29.2 Å². The minimum Gasteiger partial charge on any atom is -0.319 e. The summed E-state index contributed by atoms with van der Waals surface area (Å²) in [5.41, 5.74) is 0.494. The molecule has 3 rings (SSSR count). The Morgan fingerprint density at radius 2 is 1.81 bits per heavy atom. The minimum absolute atomic E-state index is 0.00506. The van der Waals surface area contributed by atoms with Crippen LogP contribution < -0.4 is 5.32 Å². The van der Waals surface area contributed by atoms with E-state index in [4.69, 9.17) is 0 Å². The van der Waals surface area contributed by atoms with E-state index >= 15 is 0 Å². The van der Waals surface area contributed by atoms with Gasteiger partial charge in [0.1, 0.15) is 0 Å². The highest BCUT2D eigenvalue weighted by Crippen LogP contribution is 2.32. The predicted octanol–water partition coefficient (Wildman–Crippen LogP) is 3.70. The standard InChI is InChI=1S/C20H22N2O3S/c1-19(2,3)14-9-7-13(8-10-14)15(23)12-22-17(24)20(4,21-18(22)25)16-6-5-11-26-16/h5-11H,12H2,1-4H3,(H,21,25). The predicted molar refractivity (Wildman–Crippen MR) is 101 cm³/mol. The average molecular weight is 370 g/mol. The number of nitrogens with zero attached hydrogens (tertiary/aromatic N) is 1. The number of imide groups is 1. The fourth-order valence-corrected chi connectivity index (χ4v) is 3.80. The maximum Gasteiger partial charge on any atom is 0.325 e. The van der Waals surface area contributed by atoms with Crippen LogP contribution >= 0.6 is 11.3 Å². The van der Waals surface area contributed by atoms with Crippen LogP contribution in [0.25, 0.3) is 0 Å². The van der Waals surface area contributed by atoms with Gasteiger partial charge in [-0.2, -0.15) is 0 Å². The van der Waals surface area contributed by atoms with Crippen molar-refractivity contribution in [2.45, 2.75) is 38.6 Å². The second-order valence-electron chi connectivity index (χ2n) is 7.67. The van der Waals surface area contributed by atoms with Crippen molar-refractivity contribution in [1.29, 1.82) is 0 Å². The third-order valence-electron chi connectivity index (χ3n) is 4.66. The van der Waals surface area contributed by atoms with Gasteiger partial charge in [0.05, 0.1) is 6.54 Å². The van der Waals surface area contributed by atoms with Crippen LogP contribution in [0.2, 0.25) is 0 Å². The van der Waals surface area contributed by atoms with Gasteiger partial charge in [-0.1, -0.05) is 51.1 Å². The van der Waals surface area contributed by atoms with Crippen LogP contribution in [-0.2, 0) is 15.7 Å². The van der Waals surface area contributed by atoms with Gasteiger partial charge in [0.25, 0.3) is 5.91 Å². The highest BCUT2D eigenvalue weighted by molar-refractivity contribution is 7.10. The number of hydrogen-bond acceptors (Lipinski definition) is 4. The quantitative estimate of drug-likeness (QED) is 0.659. The molecule has 0 spiro atoms. The molecular weight excluding hydrogens is 348 g/mol. The fourth-order valence-electron chi connectivity index (χ4n) is 2.96. The highest BCUT2D eigenvalue weighted by atomic mass is 32.1. The van der Waals surface area contributed by atoms with Crippen LogP contribution in [0, 0.1) is 0 Å². The van der Waals surface area contributed by atoms with E-state index in [9.17, 15) is 14.4 Å². The Morgan fingerprint density at radius 1 is 1.15 bits per heavy atom. The summed E-state index contributed by atoms with van der Waals surface area (Å²) in [6.07, 6.45) is 0. The Kier molecular flexibility index (Phi) is 4.48. The van der Waals surface area contributed by atoms with E-state index in [-0.39, 0.29) is 17.7 Å². The number of carbonyl (C=O) groups is 3. The molecule has 2 heterocycles. The van der Waals surface area contributed by atoms with Gasteiger partial charge in [-0.25, -0.2) is 4.79 Å². The molecule has 1 aliphatic heterocycles. The third-order valence-corrected chi connectivity index (χ3v) is 5.76. The lowest BCUT2D eigenvalue weighted by atomic mass is 9.86. The zero-order valence-corrected chi connectivity index (χ0v) is 16.1. The lowest BCUT2D eigenvalue weighted by Gasteiger charge is -2.20. The molecule has 3 amide bonds. The number of benzene rings is 1. The molecule has 1 N–H and O–H groups in total. The van der Waals surface area contributed by atoms with Crippen LogP contribution in [0.3, 0.4) is 0 Å². The Bertz CT molecular complexity index is 850. The number of urea groups is 1. The third kappa shape index (κ3) is 3.17. The molecule has 5 nitrogen and oxygen atoms in total. The van der Waals surface area contributed by atoms with E-state index in [2.05, 4.69) is 26.1 Å². The second kappa shape index (κ2) is 6.36. The Morgan fingerprint density at radius 3 is 2.35 bits per heavy atom. The summed E-state index contributed by atoms with van der Waals surface area (Å²) in [6, 6.07) is 10.4. The number of carbonyl (C=O) groups excluding carboxylic acids is 3. The molecule has 1 atom stereocenters. The van der Waals surface area contributed by atoms with Gasteiger partial charge in [-0.3, -0.25) is 14.5 Å². The van der Waals surface area contributed by atoms with Crippen molar-refractivity contribution in [2.24, 2.45) is 0 Å². The summed E-state index contributed by atoms with van der Waals surface area (Å²) in [4.78, 5) is 39.4. The largest absolute Gasteiger partial charge is 0.325 e. The number of amides is 3. The molecule has 0 radical (unpaired) electrons. The minimum atomic E-state index is -1.11. The molecule has 0 bridgehead atoms. The molecule has 136 valence electrons. The molecule has 1 aromatic heterocycles. The van der Waals surface area contributed by atoms with Crippen molar-refractivity contribution in [1.82, 2.24) is 10.2 Å². The molecule has 1 aromatic carbocycles. The van der Waals surface area contributed by atoms with Gasteiger partial charge in [0.15, 0.2) is 11.3 Å². The maximum atomic E-state index is 12.8. The normalized spacial score (nSPS) is 20.4. The molecule has 1 aliphatic rings. The first kappa shape index (κ1) is 18.3. The fraction of sp³-hybridized carbons (Fsp3) is 0.350. The topological polar surface area (TPSA) is 66.5 Å². The zero-order chi connectivity index (χ0) is 19.1. The molecule has 1 saturated heterocycles. The second-order valence-corrected chi connectivity index (χ2v) is 8.62. The first-order valence-corrected chi connectivity index (χ1v) is 9.33. The van der Waals surface area contributed by atoms with Crippen molar-refractivity contribution >= 4 is 29.1 Å². The van der Waals surface area contributed by atoms with E-state index in [1.807, 2.05) is 23.6 Å². The van der Waals surface area contributed by atoms with Gasteiger partial charge in [-0.05, 0) is 29.3 Å². The smallest absolute Gasteiger partial charge is 0.319 e. The number of Topliss-reactive ketones (excluding diaryl/α,β-unsaturated/α-hetero) is 1. The molecule has 1 fully saturated rings. The monoisotopic (exact) mass is 370 g/mol. The Hall–Kier alpha value is -2.47. The van der Waals surface area contributed by atoms with Crippen LogP contribution in [0.5, 0.6) is 0 Å². The summed E-state index contributed by atoms with van der Waals surface area (Å²) in [6.45, 7) is 7.70. The molecule has 1 unspecified atom stereocenters. The van der Waals surface area contributed by atoms with E-state index in [1.165, 1.54) is 11.3 Å². The number of nitrogens with one attached hydrogen (secondary N) is 1. The number of hydrogen-bond donors (Lipinski definition) is 1. The van der Waals surface area contributed by atoms with Crippen LogP contribution in [0.15, 0.2) is 41.8 Å². The van der Waals surface area contributed by atoms with E-state index in [1.54, 1.807) is 25.1 Å². The molecule has 2 aromatic rings. The van der Waals surface area contributed by atoms with Crippen molar-refractivity contribution in [2.75, 3.05) is 6.54 Å². The molecular formula is C20H22N2O3S. The van der Waals surface area contributed by atoms with Crippen molar-refractivity contribution in [3.63, 3.8) is 0 Å². The van der Waals surface area contributed by atoms with E-state index in [0.717, 1.165) is 15.3 Å². The summed E-state index contributed by atoms with van der Waals surface area (Å²) < 4.78 is 0. The molecule has 6 heteroatoms. The van der Waals surface area contributed by atoms with Crippen molar-refractivity contribution in [3.8, 4) is 0 Å². The first-order valence-electron chi connectivity index (χ1n) is 8.45. The Balaban J connectivity index is 1.77. The van der Waals surface area contributed by atoms with Crippen LogP contribution in [0.4, 0.5) is 4.79 Å². The molecule has 0 saturated carbocycles. The summed E-state index contributed by atoms with van der Waals surface area (Å²) in [7, 11) is 0. The van der Waals surface area contributed by atoms with Gasteiger partial charge in [0, 0.05) is 10.4 Å². The highest BCUT2D eigenvalue weighted by Gasteiger charge is 2.50. The number of ketones is 1. The number of rotatable bonds is 4. The molecule has 26 heavy (non-hydrogen) atoms. The lowest BCUT2D eigenvalue weighted by molar-refractivity contribution is -0.130. The zero-order valence-electron chi connectivity index (χ0n) is 15.3. The SMILES string of the molecule is CC(C)(C)c1ccc(C(=O)CN2C(=O)NC(C)(c3cccs3)C2=O)cc1. The maximum absolute atomic E-state index is 12.8.